The van der Waals surface area contributed by atoms with Crippen molar-refractivity contribution in [2.24, 2.45) is 0 Å². The number of hydrogen-bond donors (Lipinski definition) is 0. The second-order valence-corrected chi connectivity index (χ2v) is 2.40. The second-order valence-electron chi connectivity index (χ2n) is 0.821. The van der Waals surface area contributed by atoms with Gasteiger partial charge in [-0.05, 0) is 5.41 Å². The molecule has 1 nitrogen and oxygen atoms in total. The van der Waals surface area contributed by atoms with Crippen LogP contribution in [0.2, 0.25) is 0 Å². The summed E-state index contributed by atoms with van der Waals surface area (Å²) in [5.74, 6) is 0.993. The van der Waals surface area contributed by atoms with Crippen LogP contribution in [0.3, 0.4) is 0 Å². The summed E-state index contributed by atoms with van der Waals surface area (Å²) in [6.45, 7) is 0. The maximum atomic E-state index is 4.82. The first-order chi connectivity index (χ1) is 3.00. The SMILES string of the molecule is C1=CSOSC1. The number of rotatable bonds is 0. The van der Waals surface area contributed by atoms with Gasteiger partial charge in [0.2, 0.25) is 0 Å². The highest BCUT2D eigenvalue weighted by molar-refractivity contribution is 8.10. The molecule has 0 aromatic rings. The molecule has 0 radical (unpaired) electrons. The van der Waals surface area contributed by atoms with Crippen molar-refractivity contribution in [3.8, 4) is 0 Å². The number of hydrogen-bond acceptors (Lipinski definition) is 3. The molecule has 1 aliphatic rings. The van der Waals surface area contributed by atoms with E-state index >= 15 is 0 Å². The summed E-state index contributed by atoms with van der Waals surface area (Å²) in [5.41, 5.74) is 0. The van der Waals surface area contributed by atoms with Gasteiger partial charge in [-0.25, -0.2) is 3.63 Å². The molecule has 0 unspecified atom stereocenters. The van der Waals surface area contributed by atoms with Crippen LogP contribution in [0.25, 0.3) is 0 Å². The van der Waals surface area contributed by atoms with Gasteiger partial charge in [0, 0.05) is 29.8 Å². The van der Waals surface area contributed by atoms with Crippen LogP contribution in [0.15, 0.2) is 11.5 Å². The lowest BCUT2D eigenvalue weighted by atomic mass is 10.8. The van der Waals surface area contributed by atoms with Crippen molar-refractivity contribution in [1.29, 1.82) is 0 Å². The van der Waals surface area contributed by atoms with Crippen molar-refractivity contribution >= 4 is 24.1 Å². The second kappa shape index (κ2) is 2.55. The van der Waals surface area contributed by atoms with Gasteiger partial charge in [-0.3, -0.25) is 0 Å². The maximum absolute atomic E-state index is 4.82. The zero-order chi connectivity index (χ0) is 4.24. The molecule has 3 heteroatoms. The van der Waals surface area contributed by atoms with E-state index in [4.69, 9.17) is 3.63 Å². The molecule has 0 N–H and O–H groups in total. The summed E-state index contributed by atoms with van der Waals surface area (Å²) in [6.07, 6.45) is 2.07. The molecule has 0 fully saturated rings. The summed E-state index contributed by atoms with van der Waals surface area (Å²) < 4.78 is 4.82. The summed E-state index contributed by atoms with van der Waals surface area (Å²) in [4.78, 5) is 0. The third-order valence-electron chi connectivity index (χ3n) is 0.403. The van der Waals surface area contributed by atoms with Crippen LogP contribution in [0.5, 0.6) is 0 Å². The van der Waals surface area contributed by atoms with Crippen molar-refractivity contribution in [2.75, 3.05) is 5.75 Å². The molecule has 1 heterocycles. The van der Waals surface area contributed by atoms with E-state index in [9.17, 15) is 0 Å². The summed E-state index contributed by atoms with van der Waals surface area (Å²) in [6, 6.07) is 0. The molecule has 0 atom stereocenters. The van der Waals surface area contributed by atoms with E-state index in [1.54, 1.807) is 0 Å². The summed E-state index contributed by atoms with van der Waals surface area (Å²) >= 11 is 2.85. The molecule has 34 valence electrons. The van der Waals surface area contributed by atoms with Crippen molar-refractivity contribution in [1.82, 2.24) is 0 Å². The summed E-state index contributed by atoms with van der Waals surface area (Å²) in [5, 5.41) is 1.94. The van der Waals surface area contributed by atoms with Crippen LogP contribution in [0, 0.1) is 0 Å². The lowest BCUT2D eigenvalue weighted by Gasteiger charge is -1.96. The molecule has 0 aromatic carbocycles. The quantitative estimate of drug-likeness (QED) is 0.451. The average molecular weight is 120 g/mol. The molecule has 0 spiro atoms. The van der Waals surface area contributed by atoms with Gasteiger partial charge in [-0.1, -0.05) is 6.08 Å². The van der Waals surface area contributed by atoms with Crippen LogP contribution in [-0.4, -0.2) is 5.75 Å². The van der Waals surface area contributed by atoms with Gasteiger partial charge in [0.15, 0.2) is 0 Å². The highest BCUT2D eigenvalue weighted by Gasteiger charge is 1.88. The standard InChI is InChI=1S/C3H4OS2/c1-2-5-4-6-3-1/h1-2H,3H2. The first-order valence-corrected chi connectivity index (χ1v) is 3.31. The molecule has 1 aliphatic heterocycles. The molecule has 0 aromatic heterocycles. The highest BCUT2D eigenvalue weighted by atomic mass is 32.2. The molecular weight excluding hydrogens is 116 g/mol. The predicted molar refractivity (Wildman–Crippen MR) is 30.3 cm³/mol. The molecule has 0 amide bonds. The lowest BCUT2D eigenvalue weighted by molar-refractivity contribution is 0.765. The van der Waals surface area contributed by atoms with Crippen molar-refractivity contribution < 1.29 is 3.63 Å². The fourth-order valence-electron chi connectivity index (χ4n) is 0.196. The van der Waals surface area contributed by atoms with Crippen LogP contribution < -0.4 is 0 Å². The molecule has 0 bridgehead atoms. The van der Waals surface area contributed by atoms with Crippen molar-refractivity contribution in [3.05, 3.63) is 11.5 Å². The van der Waals surface area contributed by atoms with E-state index in [-0.39, 0.29) is 0 Å². The van der Waals surface area contributed by atoms with Crippen molar-refractivity contribution in [3.63, 3.8) is 0 Å². The zero-order valence-electron chi connectivity index (χ0n) is 3.09. The third kappa shape index (κ3) is 1.24. The minimum absolute atomic E-state index is 0.993. The zero-order valence-corrected chi connectivity index (χ0v) is 4.72. The van der Waals surface area contributed by atoms with E-state index < -0.39 is 0 Å². The van der Waals surface area contributed by atoms with E-state index in [1.165, 1.54) is 24.1 Å². The smallest absolute Gasteiger partial charge is 0.0400 e. The maximum Gasteiger partial charge on any atom is 0.0400 e. The van der Waals surface area contributed by atoms with Crippen LogP contribution in [0.4, 0.5) is 0 Å². The minimum atomic E-state index is 0.993. The monoisotopic (exact) mass is 120 g/mol. The van der Waals surface area contributed by atoms with E-state index in [1.807, 2.05) is 5.41 Å². The topological polar surface area (TPSA) is 9.23 Å². The Morgan fingerprint density at radius 3 is 2.83 bits per heavy atom. The Morgan fingerprint density at radius 1 is 1.67 bits per heavy atom. The fourth-order valence-corrected chi connectivity index (χ4v) is 1.29. The van der Waals surface area contributed by atoms with Gasteiger partial charge < -0.3 is 0 Å². The van der Waals surface area contributed by atoms with Gasteiger partial charge in [-0.2, -0.15) is 0 Å². The minimum Gasteiger partial charge on any atom is -0.242 e. The van der Waals surface area contributed by atoms with Gasteiger partial charge in [-0.15, -0.1) is 0 Å². The molecule has 0 aliphatic carbocycles. The Bertz CT molecular complexity index is 53.8. The molecule has 6 heavy (non-hydrogen) atoms. The predicted octanol–water partition coefficient (Wildman–Crippen LogP) is 1.83. The van der Waals surface area contributed by atoms with Gasteiger partial charge in [0.1, 0.15) is 0 Å². The first-order valence-electron chi connectivity index (χ1n) is 1.60. The Morgan fingerprint density at radius 2 is 2.67 bits per heavy atom. The normalized spacial score (nSPS) is 21.3. The van der Waals surface area contributed by atoms with Crippen LogP contribution in [-0.2, 0) is 3.63 Å². The Kier molecular flexibility index (Phi) is 1.94. The molecule has 1 rings (SSSR count). The average Bonchev–Trinajstić information content (AvgIpc) is 1.72. The fraction of sp³-hybridized carbons (Fsp3) is 0.333. The largest absolute Gasteiger partial charge is 0.242 e. The van der Waals surface area contributed by atoms with Gasteiger partial charge >= 0.3 is 0 Å². The third-order valence-corrected chi connectivity index (χ3v) is 1.73. The van der Waals surface area contributed by atoms with E-state index in [0.717, 1.165) is 5.75 Å². The molecule has 0 saturated heterocycles. The Labute approximate surface area is 45.6 Å². The van der Waals surface area contributed by atoms with Gasteiger partial charge in [0.05, 0.1) is 0 Å². The van der Waals surface area contributed by atoms with E-state index in [2.05, 4.69) is 6.08 Å². The lowest BCUT2D eigenvalue weighted by Crippen LogP contribution is -1.73. The highest BCUT2D eigenvalue weighted by Crippen LogP contribution is 2.20. The summed E-state index contributed by atoms with van der Waals surface area (Å²) in [7, 11) is 0. The Balaban J connectivity index is 2.26. The molecular formula is C3H4OS2. The van der Waals surface area contributed by atoms with Crippen molar-refractivity contribution in [2.45, 2.75) is 0 Å². The first kappa shape index (κ1) is 4.56. The Hall–Kier alpha value is 0.400. The van der Waals surface area contributed by atoms with Crippen LogP contribution >= 0.6 is 24.1 Å². The van der Waals surface area contributed by atoms with Crippen LogP contribution in [0.1, 0.15) is 0 Å². The molecule has 0 saturated carbocycles. The van der Waals surface area contributed by atoms with E-state index in [0.29, 0.717) is 0 Å². The van der Waals surface area contributed by atoms with Gasteiger partial charge in [0.25, 0.3) is 0 Å².